The van der Waals surface area contributed by atoms with E-state index in [1.54, 1.807) is 0 Å². The number of hydrogen-bond donors (Lipinski definition) is 3. The summed E-state index contributed by atoms with van der Waals surface area (Å²) in [6.07, 6.45) is 80.6. The van der Waals surface area contributed by atoms with E-state index in [4.69, 9.17) is 37.0 Å². The summed E-state index contributed by atoms with van der Waals surface area (Å²) in [5.41, 5.74) is 0. The second-order valence-corrected chi connectivity index (χ2v) is 29.5. The molecule has 0 aromatic carbocycles. The van der Waals surface area contributed by atoms with E-state index in [0.717, 1.165) is 167 Å². The number of aliphatic hydroxyl groups is 1. The third-order valence-electron chi connectivity index (χ3n) is 16.7. The number of rotatable bonds is 75. The van der Waals surface area contributed by atoms with Crippen LogP contribution in [0, 0.1) is 0 Å². The van der Waals surface area contributed by atoms with Gasteiger partial charge in [0.05, 0.1) is 26.4 Å². The average molecular weight is 1480 g/mol. The number of unbranched alkanes of at least 4 members (excludes halogenated alkanes) is 31. The van der Waals surface area contributed by atoms with Gasteiger partial charge in [-0.1, -0.05) is 285 Å². The lowest BCUT2D eigenvalue weighted by Gasteiger charge is -2.21. The van der Waals surface area contributed by atoms with Gasteiger partial charge in [-0.25, -0.2) is 9.13 Å². The minimum absolute atomic E-state index is 0.0690. The van der Waals surface area contributed by atoms with Crippen LogP contribution in [0.2, 0.25) is 0 Å². The molecule has 0 saturated heterocycles. The zero-order valence-electron chi connectivity index (χ0n) is 64.3. The fourth-order valence-electron chi connectivity index (χ4n) is 10.6. The van der Waals surface area contributed by atoms with Gasteiger partial charge in [0.25, 0.3) is 0 Å². The molecule has 5 atom stereocenters. The summed E-state index contributed by atoms with van der Waals surface area (Å²) >= 11 is 0. The van der Waals surface area contributed by atoms with E-state index in [1.165, 1.54) is 89.9 Å². The highest BCUT2D eigenvalue weighted by molar-refractivity contribution is 7.47. The molecule has 0 aromatic heterocycles. The lowest BCUT2D eigenvalue weighted by Crippen LogP contribution is -2.30. The fourth-order valence-corrected chi connectivity index (χ4v) is 12.2. The number of allylic oxidation sites excluding steroid dienone is 18. The van der Waals surface area contributed by atoms with Crippen molar-refractivity contribution in [1.29, 1.82) is 0 Å². The van der Waals surface area contributed by atoms with Crippen LogP contribution in [-0.2, 0) is 65.4 Å². The van der Waals surface area contributed by atoms with Gasteiger partial charge in [-0.3, -0.25) is 37.3 Å². The van der Waals surface area contributed by atoms with Crippen LogP contribution in [-0.4, -0.2) is 96.7 Å². The Bertz CT molecular complexity index is 2360. The maximum Gasteiger partial charge on any atom is 0.472 e. The van der Waals surface area contributed by atoms with Crippen molar-refractivity contribution in [2.75, 3.05) is 39.6 Å². The first-order chi connectivity index (χ1) is 49.7. The number of carbonyl (C=O) groups is 4. The molecule has 3 N–H and O–H groups in total. The summed E-state index contributed by atoms with van der Waals surface area (Å²) in [5, 5.41) is 10.6. The monoisotopic (exact) mass is 1470 g/mol. The Labute approximate surface area is 619 Å². The summed E-state index contributed by atoms with van der Waals surface area (Å²) in [6, 6.07) is 0. The Balaban J connectivity index is 5.38. The average Bonchev–Trinajstić information content (AvgIpc) is 0.919. The summed E-state index contributed by atoms with van der Waals surface area (Å²) in [6.45, 7) is 4.66. The normalized spacial score (nSPS) is 14.5. The van der Waals surface area contributed by atoms with Gasteiger partial charge < -0.3 is 33.8 Å². The van der Waals surface area contributed by atoms with Gasteiger partial charge in [-0.05, 0) is 135 Å². The highest BCUT2D eigenvalue weighted by Gasteiger charge is 2.30. The van der Waals surface area contributed by atoms with Crippen molar-refractivity contribution in [2.45, 2.75) is 354 Å². The minimum Gasteiger partial charge on any atom is -0.462 e. The summed E-state index contributed by atoms with van der Waals surface area (Å²) in [5.74, 6) is -2.24. The first kappa shape index (κ1) is 97.7. The number of ether oxygens (including phenoxy) is 4. The molecule has 588 valence electrons. The van der Waals surface area contributed by atoms with E-state index in [-0.39, 0.29) is 25.7 Å². The van der Waals surface area contributed by atoms with Crippen molar-refractivity contribution in [2.24, 2.45) is 0 Å². The number of phosphoric acid groups is 2. The molecule has 0 saturated carbocycles. The van der Waals surface area contributed by atoms with E-state index in [2.05, 4.69) is 137 Å². The molecule has 0 aliphatic heterocycles. The molecule has 0 bridgehead atoms. The van der Waals surface area contributed by atoms with Gasteiger partial charge in [0.15, 0.2) is 12.2 Å². The van der Waals surface area contributed by atoms with Gasteiger partial charge in [0, 0.05) is 25.7 Å². The summed E-state index contributed by atoms with van der Waals surface area (Å²) in [7, 11) is -9.97. The number of phosphoric ester groups is 2. The van der Waals surface area contributed by atoms with E-state index in [0.29, 0.717) is 25.7 Å². The third-order valence-corrected chi connectivity index (χ3v) is 18.6. The zero-order chi connectivity index (χ0) is 74.6. The second-order valence-electron chi connectivity index (χ2n) is 26.6. The van der Waals surface area contributed by atoms with Gasteiger partial charge >= 0.3 is 39.5 Å². The largest absolute Gasteiger partial charge is 0.472 e. The zero-order valence-corrected chi connectivity index (χ0v) is 66.0. The van der Waals surface area contributed by atoms with Crippen LogP contribution in [0.25, 0.3) is 0 Å². The molecule has 0 rings (SSSR count). The number of esters is 4. The van der Waals surface area contributed by atoms with Gasteiger partial charge in [-0.15, -0.1) is 0 Å². The van der Waals surface area contributed by atoms with Crippen LogP contribution in [0.5, 0.6) is 0 Å². The molecule has 0 aliphatic carbocycles. The topological polar surface area (TPSA) is 237 Å². The Morgan fingerprint density at radius 1 is 0.284 bits per heavy atom. The van der Waals surface area contributed by atoms with Crippen molar-refractivity contribution in [1.82, 2.24) is 0 Å². The highest BCUT2D eigenvalue weighted by Crippen LogP contribution is 2.45. The molecule has 0 aliphatic rings. The first-order valence-corrected chi connectivity index (χ1v) is 43.1. The predicted octanol–water partition coefficient (Wildman–Crippen LogP) is 23.3. The standard InChI is InChI=1S/C83H144O17P2/c1-5-9-13-17-21-25-29-33-36-37-38-39-42-45-48-52-56-60-64-68-81(86)94-73-78(99-82(87)69-65-61-57-53-49-43-32-28-24-20-16-12-8-4)75-97-101(89,90)95-71-77(84)72-96-102(91,92)98-76-79(100-83(88)70-66-62-58-54-50-46-41-35-31-27-23-19-15-11-7-3)74-93-80(85)67-63-59-55-51-47-44-40-34-30-26-22-18-14-10-6-2/h10,14,21-23,25-27,33-36,38-41,47,51,77-79,84H,5-9,11-13,15-20,24,28-32,37,42-46,48-50,52-76H2,1-4H3,(H,89,90)(H,91,92)/b14-10-,25-21-,26-22-,27-23-,36-33-,39-38-,40-34-,41-35-,51-47-. The van der Waals surface area contributed by atoms with Crippen LogP contribution in [0.3, 0.4) is 0 Å². The van der Waals surface area contributed by atoms with Crippen molar-refractivity contribution in [3.05, 3.63) is 109 Å². The predicted molar refractivity (Wildman–Crippen MR) is 418 cm³/mol. The lowest BCUT2D eigenvalue weighted by molar-refractivity contribution is -0.161. The minimum atomic E-state index is -4.99. The highest BCUT2D eigenvalue weighted by atomic mass is 31.2. The second kappa shape index (κ2) is 75.0. The fraction of sp³-hybridized carbons (Fsp3) is 0.735. The van der Waals surface area contributed by atoms with Gasteiger partial charge in [0.2, 0.25) is 0 Å². The van der Waals surface area contributed by atoms with Crippen LogP contribution in [0.15, 0.2) is 109 Å². The molecular weight excluding hydrogens is 1330 g/mol. The Morgan fingerprint density at radius 2 is 0.510 bits per heavy atom. The van der Waals surface area contributed by atoms with Gasteiger partial charge in [-0.2, -0.15) is 0 Å². The quantitative estimate of drug-likeness (QED) is 0.0169. The van der Waals surface area contributed by atoms with Crippen LogP contribution in [0.4, 0.5) is 0 Å². The molecule has 17 nitrogen and oxygen atoms in total. The van der Waals surface area contributed by atoms with Crippen molar-refractivity contribution >= 4 is 39.5 Å². The Kier molecular flexibility index (Phi) is 71.8. The van der Waals surface area contributed by atoms with E-state index >= 15 is 0 Å². The first-order valence-electron chi connectivity index (χ1n) is 40.1. The molecule has 0 amide bonds. The molecule has 5 unspecified atom stereocenters. The smallest absolute Gasteiger partial charge is 0.462 e. The number of hydrogen-bond acceptors (Lipinski definition) is 15. The SMILES string of the molecule is CC/C=C\C/C=C\C/C=C\C/C=C\CCCCC(=O)OCC(COP(=O)(O)OCC(O)COP(=O)(O)OCC(COC(=O)CCCCCCCC/C=C\C/C=C\C/C=C\CCCCC)OC(=O)CCCCCCCCCCCCCCC)OC(=O)CCCCCCC/C=C\C/C=C\CCCCC. The van der Waals surface area contributed by atoms with Crippen molar-refractivity contribution < 1.29 is 80.2 Å². The number of carbonyl (C=O) groups excluding carboxylic acids is 4. The van der Waals surface area contributed by atoms with Crippen LogP contribution >= 0.6 is 15.6 Å². The third kappa shape index (κ3) is 74.0. The van der Waals surface area contributed by atoms with Crippen LogP contribution in [0.1, 0.15) is 336 Å². The summed E-state index contributed by atoms with van der Waals surface area (Å²) in [4.78, 5) is 73.0. The molecule has 102 heavy (non-hydrogen) atoms. The molecule has 0 fully saturated rings. The Morgan fingerprint density at radius 3 is 0.824 bits per heavy atom. The van der Waals surface area contributed by atoms with E-state index in [1.807, 2.05) is 0 Å². The molecule has 0 spiro atoms. The lowest BCUT2D eigenvalue weighted by atomic mass is 10.0. The molecule has 0 aromatic rings. The molecule has 0 radical (unpaired) electrons. The van der Waals surface area contributed by atoms with E-state index < -0.39 is 97.5 Å². The summed E-state index contributed by atoms with van der Waals surface area (Å²) < 4.78 is 68.6. The molecular formula is C83H144O17P2. The van der Waals surface area contributed by atoms with Gasteiger partial charge in [0.1, 0.15) is 19.3 Å². The number of aliphatic hydroxyl groups excluding tert-OH is 1. The van der Waals surface area contributed by atoms with Crippen molar-refractivity contribution in [3.63, 3.8) is 0 Å². The maximum absolute atomic E-state index is 13.1. The van der Waals surface area contributed by atoms with Crippen LogP contribution < -0.4 is 0 Å². The Hall–Kier alpha value is -4.28. The van der Waals surface area contributed by atoms with E-state index in [9.17, 15) is 43.2 Å². The molecule has 0 heterocycles. The van der Waals surface area contributed by atoms with Crippen molar-refractivity contribution in [3.8, 4) is 0 Å². The maximum atomic E-state index is 13.1. The molecule has 19 heteroatoms.